The number of rotatable bonds is 6. The minimum atomic E-state index is -4.64. The van der Waals surface area contributed by atoms with E-state index in [-0.39, 0.29) is 11.8 Å². The van der Waals surface area contributed by atoms with Crippen molar-refractivity contribution in [3.05, 3.63) is 29.8 Å². The highest BCUT2D eigenvalue weighted by atomic mass is 19.4. The number of nitrogens with one attached hydrogen (secondary N) is 1. The van der Waals surface area contributed by atoms with Crippen molar-refractivity contribution in [2.75, 3.05) is 7.05 Å². The van der Waals surface area contributed by atoms with Crippen molar-refractivity contribution >= 4 is 0 Å². The fourth-order valence-corrected chi connectivity index (χ4v) is 2.31. The van der Waals surface area contributed by atoms with E-state index in [9.17, 15) is 13.2 Å². The molecule has 0 saturated carbocycles. The number of hydrogen-bond donors (Lipinski definition) is 1. The summed E-state index contributed by atoms with van der Waals surface area (Å²) in [5.41, 5.74) is 0.978. The summed E-state index contributed by atoms with van der Waals surface area (Å²) in [7, 11) is 1.86. The second-order valence-corrected chi connectivity index (χ2v) is 4.46. The Morgan fingerprint density at radius 2 is 1.63 bits per heavy atom. The van der Waals surface area contributed by atoms with Crippen molar-refractivity contribution < 1.29 is 17.9 Å². The Bertz CT molecular complexity index is 371. The van der Waals surface area contributed by atoms with Gasteiger partial charge in [-0.3, -0.25) is 0 Å². The Labute approximate surface area is 112 Å². The Morgan fingerprint density at radius 3 is 2.00 bits per heavy atom. The summed E-state index contributed by atoms with van der Waals surface area (Å²) in [5.74, 6) is 0.273. The summed E-state index contributed by atoms with van der Waals surface area (Å²) in [4.78, 5) is 0. The van der Waals surface area contributed by atoms with Crippen LogP contribution in [-0.2, 0) is 0 Å². The molecular weight excluding hydrogens is 255 g/mol. The molecule has 1 aromatic carbocycles. The lowest BCUT2D eigenvalue weighted by atomic mass is 9.89. The monoisotopic (exact) mass is 275 g/mol. The van der Waals surface area contributed by atoms with Crippen LogP contribution in [0, 0.1) is 5.92 Å². The molecule has 2 nitrogen and oxygen atoms in total. The number of hydrogen-bond acceptors (Lipinski definition) is 2. The van der Waals surface area contributed by atoms with Crippen LogP contribution in [0.5, 0.6) is 5.75 Å². The lowest BCUT2D eigenvalue weighted by molar-refractivity contribution is -0.274. The van der Waals surface area contributed by atoms with Gasteiger partial charge in [0.2, 0.25) is 0 Å². The molecule has 0 aliphatic rings. The molecule has 19 heavy (non-hydrogen) atoms. The maximum absolute atomic E-state index is 12.1. The van der Waals surface area contributed by atoms with Gasteiger partial charge in [0.25, 0.3) is 0 Å². The Morgan fingerprint density at radius 1 is 1.11 bits per heavy atom. The number of benzene rings is 1. The van der Waals surface area contributed by atoms with E-state index in [0.29, 0.717) is 5.92 Å². The maximum Gasteiger partial charge on any atom is 0.573 e. The van der Waals surface area contributed by atoms with Gasteiger partial charge in [0.15, 0.2) is 0 Å². The first-order valence-electron chi connectivity index (χ1n) is 6.44. The first-order valence-corrected chi connectivity index (χ1v) is 6.44. The van der Waals surface area contributed by atoms with Gasteiger partial charge in [-0.2, -0.15) is 0 Å². The quantitative estimate of drug-likeness (QED) is 0.836. The molecule has 1 aromatic rings. The smallest absolute Gasteiger partial charge is 0.406 e. The van der Waals surface area contributed by atoms with Gasteiger partial charge >= 0.3 is 6.36 Å². The van der Waals surface area contributed by atoms with E-state index in [0.717, 1.165) is 18.4 Å². The van der Waals surface area contributed by atoms with Crippen LogP contribution in [0.25, 0.3) is 0 Å². The molecule has 1 rings (SSSR count). The van der Waals surface area contributed by atoms with Crippen LogP contribution in [-0.4, -0.2) is 13.4 Å². The summed E-state index contributed by atoms with van der Waals surface area (Å²) in [6.45, 7) is 4.22. The van der Waals surface area contributed by atoms with Crippen molar-refractivity contribution in [3.63, 3.8) is 0 Å². The molecule has 0 aromatic heterocycles. The van der Waals surface area contributed by atoms with Gasteiger partial charge in [0.05, 0.1) is 0 Å². The Balaban J connectivity index is 2.84. The summed E-state index contributed by atoms with van der Waals surface area (Å²) >= 11 is 0. The molecule has 0 heterocycles. The summed E-state index contributed by atoms with van der Waals surface area (Å²) < 4.78 is 40.1. The van der Waals surface area contributed by atoms with Gasteiger partial charge in [-0.05, 0) is 30.7 Å². The first kappa shape index (κ1) is 15.8. The minimum Gasteiger partial charge on any atom is -0.406 e. The lowest BCUT2D eigenvalue weighted by Crippen LogP contribution is -2.24. The van der Waals surface area contributed by atoms with Crippen LogP contribution >= 0.6 is 0 Å². The highest BCUT2D eigenvalue weighted by Crippen LogP contribution is 2.29. The first-order chi connectivity index (χ1) is 8.91. The van der Waals surface area contributed by atoms with Crippen LogP contribution in [0.2, 0.25) is 0 Å². The highest BCUT2D eigenvalue weighted by Gasteiger charge is 2.31. The highest BCUT2D eigenvalue weighted by molar-refractivity contribution is 5.29. The maximum atomic E-state index is 12.1. The van der Waals surface area contributed by atoms with Crippen molar-refractivity contribution in [2.24, 2.45) is 5.92 Å². The second-order valence-electron chi connectivity index (χ2n) is 4.46. The standard InChI is InChI=1S/C14H20F3NO/c1-4-10(5-2)13(18-3)11-6-8-12(9-7-11)19-14(15,16)17/h6-10,13,18H,4-5H2,1-3H3. The van der Waals surface area contributed by atoms with E-state index in [1.165, 1.54) is 12.1 Å². The van der Waals surface area contributed by atoms with Crippen molar-refractivity contribution in [3.8, 4) is 5.75 Å². The zero-order valence-corrected chi connectivity index (χ0v) is 11.4. The van der Waals surface area contributed by atoms with E-state index >= 15 is 0 Å². The van der Waals surface area contributed by atoms with E-state index in [1.807, 2.05) is 7.05 Å². The van der Waals surface area contributed by atoms with Gasteiger partial charge in [-0.15, -0.1) is 13.2 Å². The summed E-state index contributed by atoms with van der Waals surface area (Å²) in [5, 5.41) is 3.22. The molecular formula is C14H20F3NO. The fourth-order valence-electron chi connectivity index (χ4n) is 2.31. The molecule has 0 aliphatic carbocycles. The second kappa shape index (κ2) is 6.80. The van der Waals surface area contributed by atoms with Crippen molar-refractivity contribution in [1.82, 2.24) is 5.32 Å². The zero-order chi connectivity index (χ0) is 14.5. The average Bonchev–Trinajstić information content (AvgIpc) is 2.35. The van der Waals surface area contributed by atoms with Crippen LogP contribution in [0.3, 0.4) is 0 Å². The van der Waals surface area contributed by atoms with Crippen LogP contribution in [0.15, 0.2) is 24.3 Å². The third-order valence-electron chi connectivity index (χ3n) is 3.30. The van der Waals surface area contributed by atoms with E-state index in [1.54, 1.807) is 12.1 Å². The summed E-state index contributed by atoms with van der Waals surface area (Å²) in [6.07, 6.45) is -2.61. The third kappa shape index (κ3) is 4.74. The van der Waals surface area contributed by atoms with E-state index in [2.05, 4.69) is 23.9 Å². The Hall–Kier alpha value is -1.23. The SMILES string of the molecule is CCC(CC)C(NC)c1ccc(OC(F)(F)F)cc1. The van der Waals surface area contributed by atoms with Gasteiger partial charge in [-0.25, -0.2) is 0 Å². The van der Waals surface area contributed by atoms with E-state index in [4.69, 9.17) is 0 Å². The van der Waals surface area contributed by atoms with Gasteiger partial charge in [0, 0.05) is 6.04 Å². The van der Waals surface area contributed by atoms with Gasteiger partial charge < -0.3 is 10.1 Å². The predicted molar refractivity (Wildman–Crippen MR) is 69.0 cm³/mol. The van der Waals surface area contributed by atoms with Crippen LogP contribution in [0.4, 0.5) is 13.2 Å². The van der Waals surface area contributed by atoms with Crippen molar-refractivity contribution in [2.45, 2.75) is 39.1 Å². The van der Waals surface area contributed by atoms with Crippen molar-refractivity contribution in [1.29, 1.82) is 0 Å². The molecule has 0 saturated heterocycles. The van der Waals surface area contributed by atoms with Crippen LogP contribution in [0.1, 0.15) is 38.3 Å². The molecule has 1 unspecified atom stereocenters. The molecule has 1 atom stereocenters. The molecule has 0 spiro atoms. The fraction of sp³-hybridized carbons (Fsp3) is 0.571. The lowest BCUT2D eigenvalue weighted by Gasteiger charge is -2.25. The molecule has 0 aliphatic heterocycles. The summed E-state index contributed by atoms with van der Waals surface area (Å²) in [6, 6.07) is 6.22. The van der Waals surface area contributed by atoms with E-state index < -0.39 is 6.36 Å². The predicted octanol–water partition coefficient (Wildman–Crippen LogP) is 4.28. The number of ether oxygens (including phenoxy) is 1. The molecule has 108 valence electrons. The molecule has 5 heteroatoms. The zero-order valence-electron chi connectivity index (χ0n) is 11.4. The van der Waals surface area contributed by atoms with Gasteiger partial charge in [-0.1, -0.05) is 38.8 Å². The number of halogens is 3. The molecule has 0 bridgehead atoms. The third-order valence-corrected chi connectivity index (χ3v) is 3.30. The van der Waals surface area contributed by atoms with Crippen LogP contribution < -0.4 is 10.1 Å². The number of alkyl halides is 3. The topological polar surface area (TPSA) is 21.3 Å². The molecule has 0 radical (unpaired) electrons. The average molecular weight is 275 g/mol. The molecule has 0 fully saturated rings. The Kier molecular flexibility index (Phi) is 5.66. The molecule has 0 amide bonds. The largest absolute Gasteiger partial charge is 0.573 e. The molecule has 1 N–H and O–H groups in total. The minimum absolute atomic E-state index is 0.148. The van der Waals surface area contributed by atoms with Gasteiger partial charge in [0.1, 0.15) is 5.75 Å². The normalized spacial score (nSPS) is 13.6.